The van der Waals surface area contributed by atoms with Crippen LogP contribution >= 0.6 is 15.9 Å². The fraction of sp³-hybridized carbons (Fsp3) is 0.500. The van der Waals surface area contributed by atoms with Crippen molar-refractivity contribution in [2.45, 2.75) is 25.8 Å². The normalized spacial score (nSPS) is 15.5. The summed E-state index contributed by atoms with van der Waals surface area (Å²) in [5.74, 6) is 1.31. The fourth-order valence-corrected chi connectivity index (χ4v) is 2.02. The van der Waals surface area contributed by atoms with Gasteiger partial charge in [-0.15, -0.1) is 0 Å². The predicted octanol–water partition coefficient (Wildman–Crippen LogP) is 3.04. The van der Waals surface area contributed by atoms with Gasteiger partial charge in [-0.3, -0.25) is 0 Å². The standard InChI is InChI=1S/C12H16BrNO/c13-12-4-3-11(15)7-10(12)8-14-6-5-9-1-2-9/h3-4,7,9,14-15H,1-2,5-6,8H2. The van der Waals surface area contributed by atoms with E-state index in [-0.39, 0.29) is 0 Å². The summed E-state index contributed by atoms with van der Waals surface area (Å²) in [5.41, 5.74) is 1.12. The average molecular weight is 270 g/mol. The molecule has 0 unspecified atom stereocenters. The van der Waals surface area contributed by atoms with Gasteiger partial charge in [-0.2, -0.15) is 0 Å². The van der Waals surface area contributed by atoms with Crippen LogP contribution in [0.15, 0.2) is 22.7 Å². The Labute approximate surface area is 98.8 Å². The van der Waals surface area contributed by atoms with Crippen LogP contribution in [0.1, 0.15) is 24.8 Å². The lowest BCUT2D eigenvalue weighted by molar-refractivity contribution is 0.473. The van der Waals surface area contributed by atoms with Crippen LogP contribution in [-0.4, -0.2) is 11.7 Å². The van der Waals surface area contributed by atoms with E-state index in [0.717, 1.165) is 29.0 Å². The maximum absolute atomic E-state index is 9.34. The quantitative estimate of drug-likeness (QED) is 0.806. The molecule has 3 heteroatoms. The predicted molar refractivity (Wildman–Crippen MR) is 64.9 cm³/mol. The highest BCUT2D eigenvalue weighted by atomic mass is 79.9. The minimum absolute atomic E-state index is 0.331. The Kier molecular flexibility index (Phi) is 3.65. The van der Waals surface area contributed by atoms with E-state index in [1.54, 1.807) is 12.1 Å². The fourth-order valence-electron chi connectivity index (χ4n) is 1.63. The second-order valence-corrected chi connectivity index (χ2v) is 5.04. The molecule has 2 N–H and O–H groups in total. The first-order valence-corrected chi connectivity index (χ1v) is 6.23. The molecular weight excluding hydrogens is 254 g/mol. The summed E-state index contributed by atoms with van der Waals surface area (Å²) in [5, 5.41) is 12.7. The van der Waals surface area contributed by atoms with Gasteiger partial charge in [0.2, 0.25) is 0 Å². The highest BCUT2D eigenvalue weighted by Gasteiger charge is 2.19. The van der Waals surface area contributed by atoms with Crippen LogP contribution < -0.4 is 5.32 Å². The van der Waals surface area contributed by atoms with E-state index >= 15 is 0 Å². The van der Waals surface area contributed by atoms with Crippen molar-refractivity contribution in [3.63, 3.8) is 0 Å². The van der Waals surface area contributed by atoms with Crippen molar-refractivity contribution in [2.24, 2.45) is 5.92 Å². The van der Waals surface area contributed by atoms with Gasteiger partial charge in [0.05, 0.1) is 0 Å². The van der Waals surface area contributed by atoms with Gasteiger partial charge in [-0.1, -0.05) is 28.8 Å². The molecule has 2 nitrogen and oxygen atoms in total. The summed E-state index contributed by atoms with van der Waals surface area (Å²) in [6.07, 6.45) is 4.12. The minimum atomic E-state index is 0.331. The Morgan fingerprint density at radius 2 is 2.20 bits per heavy atom. The first-order valence-electron chi connectivity index (χ1n) is 5.44. The van der Waals surface area contributed by atoms with E-state index in [0.29, 0.717) is 5.75 Å². The SMILES string of the molecule is Oc1ccc(Br)c(CNCCC2CC2)c1. The molecule has 82 valence electrons. The number of hydrogen-bond donors (Lipinski definition) is 2. The van der Waals surface area contributed by atoms with Gasteiger partial charge in [-0.25, -0.2) is 0 Å². The zero-order chi connectivity index (χ0) is 10.7. The molecule has 0 spiro atoms. The summed E-state index contributed by atoms with van der Waals surface area (Å²) in [6, 6.07) is 5.37. The summed E-state index contributed by atoms with van der Waals surface area (Å²) in [6.45, 7) is 1.90. The summed E-state index contributed by atoms with van der Waals surface area (Å²) in [7, 11) is 0. The molecule has 0 heterocycles. The van der Waals surface area contributed by atoms with Gasteiger partial charge in [0.15, 0.2) is 0 Å². The second-order valence-electron chi connectivity index (χ2n) is 4.18. The van der Waals surface area contributed by atoms with Crippen molar-refractivity contribution < 1.29 is 5.11 Å². The molecule has 0 bridgehead atoms. The van der Waals surface area contributed by atoms with Crippen molar-refractivity contribution in [1.29, 1.82) is 0 Å². The van der Waals surface area contributed by atoms with Crippen LogP contribution in [-0.2, 0) is 6.54 Å². The molecule has 0 radical (unpaired) electrons. The van der Waals surface area contributed by atoms with E-state index in [2.05, 4.69) is 21.2 Å². The molecular formula is C12H16BrNO. The van der Waals surface area contributed by atoms with Crippen LogP contribution in [0.2, 0.25) is 0 Å². The van der Waals surface area contributed by atoms with Gasteiger partial charge in [0, 0.05) is 11.0 Å². The smallest absolute Gasteiger partial charge is 0.115 e. The van der Waals surface area contributed by atoms with Gasteiger partial charge in [0.1, 0.15) is 5.75 Å². The average Bonchev–Trinajstić information content (AvgIpc) is 3.01. The van der Waals surface area contributed by atoms with Crippen molar-refractivity contribution >= 4 is 15.9 Å². The molecule has 0 aliphatic heterocycles. The van der Waals surface area contributed by atoms with E-state index in [1.807, 2.05) is 6.07 Å². The molecule has 1 saturated carbocycles. The van der Waals surface area contributed by atoms with Gasteiger partial charge < -0.3 is 10.4 Å². The Morgan fingerprint density at radius 3 is 2.93 bits per heavy atom. The first kappa shape index (κ1) is 11.0. The third-order valence-corrected chi connectivity index (χ3v) is 3.54. The lowest BCUT2D eigenvalue weighted by atomic mass is 10.2. The molecule has 1 aromatic carbocycles. The molecule has 0 aromatic heterocycles. The second kappa shape index (κ2) is 4.99. The van der Waals surface area contributed by atoms with Gasteiger partial charge in [0.25, 0.3) is 0 Å². The lowest BCUT2D eigenvalue weighted by Gasteiger charge is -2.07. The number of nitrogens with one attached hydrogen (secondary N) is 1. The zero-order valence-corrected chi connectivity index (χ0v) is 10.3. The van der Waals surface area contributed by atoms with Crippen LogP contribution in [0.5, 0.6) is 5.75 Å². The van der Waals surface area contributed by atoms with E-state index in [4.69, 9.17) is 0 Å². The highest BCUT2D eigenvalue weighted by Crippen LogP contribution is 2.31. The molecule has 0 saturated heterocycles. The first-order chi connectivity index (χ1) is 7.25. The molecule has 1 aliphatic carbocycles. The van der Waals surface area contributed by atoms with E-state index in [1.165, 1.54) is 19.3 Å². The Balaban J connectivity index is 1.78. The number of benzene rings is 1. The molecule has 2 rings (SSSR count). The molecule has 1 fully saturated rings. The van der Waals surface area contributed by atoms with Crippen LogP contribution in [0.25, 0.3) is 0 Å². The van der Waals surface area contributed by atoms with Crippen molar-refractivity contribution in [3.05, 3.63) is 28.2 Å². The maximum Gasteiger partial charge on any atom is 0.115 e. The summed E-state index contributed by atoms with van der Waals surface area (Å²) < 4.78 is 1.05. The largest absolute Gasteiger partial charge is 0.508 e. The molecule has 0 atom stereocenters. The van der Waals surface area contributed by atoms with E-state index < -0.39 is 0 Å². The Hall–Kier alpha value is -0.540. The molecule has 1 aliphatic rings. The third-order valence-electron chi connectivity index (χ3n) is 2.77. The van der Waals surface area contributed by atoms with Crippen molar-refractivity contribution in [1.82, 2.24) is 5.32 Å². The van der Waals surface area contributed by atoms with Crippen molar-refractivity contribution in [3.8, 4) is 5.75 Å². The number of phenolic OH excluding ortho intramolecular Hbond substituents is 1. The number of hydrogen-bond acceptors (Lipinski definition) is 2. The van der Waals surface area contributed by atoms with Crippen molar-refractivity contribution in [2.75, 3.05) is 6.54 Å². The highest BCUT2D eigenvalue weighted by molar-refractivity contribution is 9.10. The van der Waals surface area contributed by atoms with Crippen LogP contribution in [0.3, 0.4) is 0 Å². The number of aromatic hydroxyl groups is 1. The van der Waals surface area contributed by atoms with E-state index in [9.17, 15) is 5.11 Å². The molecule has 15 heavy (non-hydrogen) atoms. The summed E-state index contributed by atoms with van der Waals surface area (Å²) in [4.78, 5) is 0. The van der Waals surface area contributed by atoms with Crippen LogP contribution in [0, 0.1) is 5.92 Å². The lowest BCUT2D eigenvalue weighted by Crippen LogP contribution is -2.15. The topological polar surface area (TPSA) is 32.3 Å². The Morgan fingerprint density at radius 1 is 1.40 bits per heavy atom. The van der Waals surface area contributed by atoms with Gasteiger partial charge >= 0.3 is 0 Å². The van der Waals surface area contributed by atoms with Crippen LogP contribution in [0.4, 0.5) is 0 Å². The molecule has 0 amide bonds. The minimum Gasteiger partial charge on any atom is -0.508 e. The summed E-state index contributed by atoms with van der Waals surface area (Å²) >= 11 is 3.47. The molecule has 1 aromatic rings. The number of phenols is 1. The number of rotatable bonds is 5. The monoisotopic (exact) mass is 269 g/mol. The maximum atomic E-state index is 9.34. The van der Waals surface area contributed by atoms with Gasteiger partial charge in [-0.05, 0) is 42.6 Å². The zero-order valence-electron chi connectivity index (χ0n) is 8.67. The number of halogens is 1. The third kappa shape index (κ3) is 3.50. The Bertz CT molecular complexity index is 336.